The molecule has 0 saturated carbocycles. The van der Waals surface area contributed by atoms with E-state index in [1.54, 1.807) is 25.3 Å². The van der Waals surface area contributed by atoms with Gasteiger partial charge in [0.1, 0.15) is 12.2 Å². The summed E-state index contributed by atoms with van der Waals surface area (Å²) < 4.78 is 6.19. The number of aromatic nitrogens is 1. The molecule has 5 heteroatoms. The second-order valence-electron chi connectivity index (χ2n) is 4.50. The van der Waals surface area contributed by atoms with Gasteiger partial charge in [0.05, 0.1) is 6.61 Å². The molecule has 0 saturated heterocycles. The number of carbonyl (C=O) groups is 1. The normalized spacial score (nSPS) is 10.1. The highest BCUT2D eigenvalue weighted by Gasteiger charge is 2.07. The first-order valence-corrected chi connectivity index (χ1v) is 6.83. The third kappa shape index (κ3) is 4.21. The predicted molar refractivity (Wildman–Crippen MR) is 81.1 cm³/mol. The highest BCUT2D eigenvalue weighted by atomic mass is 16.5. The standard InChI is InChI=1S/C16H18N2O3/c1-2-21-15(19)12-18-10-6-9-14(16(18)20)17-11-13-7-4-3-5-8-13/h3-10,17H,2,11-12H2,1H3. The highest BCUT2D eigenvalue weighted by molar-refractivity contribution is 5.69. The van der Waals surface area contributed by atoms with Crippen molar-refractivity contribution < 1.29 is 9.53 Å². The number of benzene rings is 1. The van der Waals surface area contributed by atoms with Crippen LogP contribution < -0.4 is 10.9 Å². The summed E-state index contributed by atoms with van der Waals surface area (Å²) in [6.45, 7) is 2.52. The SMILES string of the molecule is CCOC(=O)Cn1cccc(NCc2ccccc2)c1=O. The first-order valence-electron chi connectivity index (χ1n) is 6.83. The largest absolute Gasteiger partial charge is 0.465 e. The van der Waals surface area contributed by atoms with Crippen LogP contribution >= 0.6 is 0 Å². The summed E-state index contributed by atoms with van der Waals surface area (Å²) in [7, 11) is 0. The van der Waals surface area contributed by atoms with Crippen molar-refractivity contribution in [1.29, 1.82) is 0 Å². The number of nitrogens with one attached hydrogen (secondary N) is 1. The number of nitrogens with zero attached hydrogens (tertiary/aromatic N) is 1. The van der Waals surface area contributed by atoms with E-state index in [0.717, 1.165) is 5.56 Å². The number of esters is 1. The molecular weight excluding hydrogens is 268 g/mol. The van der Waals surface area contributed by atoms with Crippen molar-refractivity contribution in [2.24, 2.45) is 0 Å². The van der Waals surface area contributed by atoms with Crippen molar-refractivity contribution in [2.75, 3.05) is 11.9 Å². The van der Waals surface area contributed by atoms with Gasteiger partial charge in [-0.2, -0.15) is 0 Å². The molecule has 110 valence electrons. The molecule has 0 bridgehead atoms. The average Bonchev–Trinajstić information content (AvgIpc) is 2.49. The quantitative estimate of drug-likeness (QED) is 0.825. The lowest BCUT2D eigenvalue weighted by Crippen LogP contribution is -2.26. The van der Waals surface area contributed by atoms with Crippen molar-refractivity contribution in [3.8, 4) is 0 Å². The predicted octanol–water partition coefficient (Wildman–Crippen LogP) is 2.02. The Morgan fingerprint density at radius 2 is 1.95 bits per heavy atom. The summed E-state index contributed by atoms with van der Waals surface area (Å²) in [6.07, 6.45) is 1.58. The molecule has 0 unspecified atom stereocenters. The lowest BCUT2D eigenvalue weighted by molar-refractivity contribution is -0.143. The minimum absolute atomic E-state index is 0.0759. The van der Waals surface area contributed by atoms with Crippen molar-refractivity contribution in [3.63, 3.8) is 0 Å². The van der Waals surface area contributed by atoms with Gasteiger partial charge in [-0.25, -0.2) is 0 Å². The molecule has 1 aromatic heterocycles. The van der Waals surface area contributed by atoms with Gasteiger partial charge in [-0.05, 0) is 24.6 Å². The lowest BCUT2D eigenvalue weighted by Gasteiger charge is -2.09. The molecule has 0 atom stereocenters. The average molecular weight is 286 g/mol. The van der Waals surface area contributed by atoms with Gasteiger partial charge in [-0.1, -0.05) is 30.3 Å². The second kappa shape index (κ2) is 7.28. The second-order valence-corrected chi connectivity index (χ2v) is 4.50. The third-order valence-electron chi connectivity index (χ3n) is 2.95. The van der Waals surface area contributed by atoms with Crippen LogP contribution in [0.3, 0.4) is 0 Å². The van der Waals surface area contributed by atoms with Gasteiger partial charge in [-0.3, -0.25) is 9.59 Å². The molecule has 2 aromatic rings. The molecular formula is C16H18N2O3. The topological polar surface area (TPSA) is 60.3 Å². The van der Waals surface area contributed by atoms with Crippen molar-refractivity contribution >= 4 is 11.7 Å². The molecule has 5 nitrogen and oxygen atoms in total. The van der Waals surface area contributed by atoms with Crippen molar-refractivity contribution in [1.82, 2.24) is 4.57 Å². The smallest absolute Gasteiger partial charge is 0.326 e. The monoisotopic (exact) mass is 286 g/mol. The Bertz CT molecular complexity index is 650. The Labute approximate surface area is 123 Å². The van der Waals surface area contributed by atoms with Crippen LogP contribution in [0, 0.1) is 0 Å². The van der Waals surface area contributed by atoms with E-state index in [2.05, 4.69) is 5.32 Å². The molecule has 21 heavy (non-hydrogen) atoms. The zero-order valence-corrected chi connectivity index (χ0v) is 11.9. The fourth-order valence-electron chi connectivity index (χ4n) is 1.93. The van der Waals surface area contributed by atoms with Gasteiger partial charge >= 0.3 is 5.97 Å². The molecule has 1 aromatic carbocycles. The van der Waals surface area contributed by atoms with Gasteiger partial charge in [0.15, 0.2) is 0 Å². The maximum Gasteiger partial charge on any atom is 0.326 e. The van der Waals surface area contributed by atoms with Crippen LogP contribution in [0.15, 0.2) is 53.5 Å². The third-order valence-corrected chi connectivity index (χ3v) is 2.95. The van der Waals surface area contributed by atoms with E-state index in [-0.39, 0.29) is 12.1 Å². The number of hydrogen-bond acceptors (Lipinski definition) is 4. The van der Waals surface area contributed by atoms with Gasteiger partial charge in [0, 0.05) is 12.7 Å². The minimum Gasteiger partial charge on any atom is -0.465 e. The molecule has 0 amide bonds. The Hall–Kier alpha value is -2.56. The van der Waals surface area contributed by atoms with Crippen LogP contribution in [-0.2, 0) is 22.6 Å². The lowest BCUT2D eigenvalue weighted by atomic mass is 10.2. The maximum atomic E-state index is 12.2. The van der Waals surface area contributed by atoms with E-state index in [0.29, 0.717) is 18.8 Å². The molecule has 0 fully saturated rings. The fraction of sp³-hybridized carbons (Fsp3) is 0.250. The van der Waals surface area contributed by atoms with E-state index in [4.69, 9.17) is 4.74 Å². The highest BCUT2D eigenvalue weighted by Crippen LogP contribution is 2.04. The zero-order chi connectivity index (χ0) is 15.1. The van der Waals surface area contributed by atoms with Crippen molar-refractivity contribution in [2.45, 2.75) is 20.0 Å². The summed E-state index contributed by atoms with van der Waals surface area (Å²) in [4.78, 5) is 23.7. The van der Waals surface area contributed by atoms with Crippen LogP contribution in [0.2, 0.25) is 0 Å². The first kappa shape index (κ1) is 14.8. The number of carbonyl (C=O) groups excluding carboxylic acids is 1. The summed E-state index contributed by atoms with van der Waals surface area (Å²) in [5, 5.41) is 3.09. The van der Waals surface area contributed by atoms with E-state index in [1.807, 2.05) is 30.3 Å². The van der Waals surface area contributed by atoms with E-state index >= 15 is 0 Å². The van der Waals surface area contributed by atoms with Gasteiger partial charge in [0.2, 0.25) is 0 Å². The van der Waals surface area contributed by atoms with E-state index in [9.17, 15) is 9.59 Å². The Balaban J connectivity index is 2.07. The number of ether oxygens (including phenoxy) is 1. The minimum atomic E-state index is -0.417. The maximum absolute atomic E-state index is 12.2. The summed E-state index contributed by atoms with van der Waals surface area (Å²) >= 11 is 0. The van der Waals surface area contributed by atoms with Crippen LogP contribution in [0.5, 0.6) is 0 Å². The number of anilines is 1. The first-order chi connectivity index (χ1) is 10.2. The van der Waals surface area contributed by atoms with Crippen LogP contribution in [0.4, 0.5) is 5.69 Å². The van der Waals surface area contributed by atoms with E-state index < -0.39 is 5.97 Å². The van der Waals surface area contributed by atoms with Crippen LogP contribution in [-0.4, -0.2) is 17.1 Å². The number of hydrogen-bond donors (Lipinski definition) is 1. The molecule has 0 radical (unpaired) electrons. The molecule has 2 rings (SSSR count). The molecule has 1 N–H and O–H groups in total. The molecule has 0 spiro atoms. The van der Waals surface area contributed by atoms with Crippen LogP contribution in [0.1, 0.15) is 12.5 Å². The zero-order valence-electron chi connectivity index (χ0n) is 11.9. The fourth-order valence-corrected chi connectivity index (χ4v) is 1.93. The summed E-state index contributed by atoms with van der Waals surface area (Å²) in [5.74, 6) is -0.417. The summed E-state index contributed by atoms with van der Waals surface area (Å²) in [6, 6.07) is 13.2. The number of pyridine rings is 1. The van der Waals surface area contributed by atoms with E-state index in [1.165, 1.54) is 4.57 Å². The van der Waals surface area contributed by atoms with Crippen molar-refractivity contribution in [3.05, 3.63) is 64.6 Å². The molecule has 1 heterocycles. The molecule has 0 aliphatic carbocycles. The van der Waals surface area contributed by atoms with Gasteiger partial charge < -0.3 is 14.6 Å². The molecule has 0 aliphatic heterocycles. The van der Waals surface area contributed by atoms with Crippen LogP contribution in [0.25, 0.3) is 0 Å². The summed E-state index contributed by atoms with van der Waals surface area (Å²) in [5.41, 5.74) is 1.31. The Morgan fingerprint density at radius 1 is 1.19 bits per heavy atom. The Kier molecular flexibility index (Phi) is 5.15. The number of rotatable bonds is 6. The van der Waals surface area contributed by atoms with Gasteiger partial charge in [0.25, 0.3) is 5.56 Å². The Morgan fingerprint density at radius 3 is 2.67 bits per heavy atom. The molecule has 0 aliphatic rings. The van der Waals surface area contributed by atoms with Gasteiger partial charge in [-0.15, -0.1) is 0 Å².